The second-order valence-electron chi connectivity index (χ2n) is 6.67. The van der Waals surface area contributed by atoms with Crippen LogP contribution in [-0.2, 0) is 14.4 Å². The molecule has 3 rings (SSSR count). The minimum Gasteiger partial charge on any atom is -0.480 e. The maximum absolute atomic E-state index is 13.9. The van der Waals surface area contributed by atoms with Gasteiger partial charge < -0.3 is 14.9 Å². The van der Waals surface area contributed by atoms with Gasteiger partial charge in [-0.05, 0) is 31.9 Å². The fourth-order valence-electron chi connectivity index (χ4n) is 3.57. The van der Waals surface area contributed by atoms with E-state index in [9.17, 15) is 28.3 Å². The van der Waals surface area contributed by atoms with Crippen LogP contribution >= 0.6 is 0 Å². The van der Waals surface area contributed by atoms with Gasteiger partial charge in [0.2, 0.25) is 11.8 Å². The van der Waals surface area contributed by atoms with Crippen molar-refractivity contribution >= 4 is 23.5 Å². The maximum atomic E-state index is 13.9. The summed E-state index contributed by atoms with van der Waals surface area (Å²) in [4.78, 5) is 38.9. The Hall–Kier alpha value is -2.51. The molecule has 2 amide bonds. The summed E-state index contributed by atoms with van der Waals surface area (Å²) in [6, 6.07) is 2.88. The summed E-state index contributed by atoms with van der Waals surface area (Å²) in [6.07, 6.45) is 0.804. The van der Waals surface area contributed by atoms with Gasteiger partial charge in [-0.2, -0.15) is 0 Å². The van der Waals surface area contributed by atoms with Crippen LogP contribution in [0.15, 0.2) is 18.2 Å². The van der Waals surface area contributed by atoms with Gasteiger partial charge in [0, 0.05) is 25.6 Å². The van der Waals surface area contributed by atoms with Crippen LogP contribution in [0.25, 0.3) is 0 Å². The predicted octanol–water partition coefficient (Wildman–Crippen LogP) is 1.78. The van der Waals surface area contributed by atoms with Crippen LogP contribution in [0, 0.1) is 17.6 Å². The molecule has 0 radical (unpaired) electrons. The molecule has 2 fully saturated rings. The van der Waals surface area contributed by atoms with E-state index in [1.54, 1.807) is 0 Å². The second-order valence-corrected chi connectivity index (χ2v) is 6.67. The molecule has 0 aromatic heterocycles. The van der Waals surface area contributed by atoms with Crippen LogP contribution in [-0.4, -0.2) is 46.4 Å². The first kappa shape index (κ1) is 17.3. The highest BCUT2D eigenvalue weighted by Gasteiger charge is 2.49. The van der Waals surface area contributed by atoms with Gasteiger partial charge >= 0.3 is 5.97 Å². The van der Waals surface area contributed by atoms with E-state index in [2.05, 4.69) is 0 Å². The number of carbonyl (C=O) groups excluding carboxylic acids is 2. The van der Waals surface area contributed by atoms with Gasteiger partial charge in [0.1, 0.15) is 17.2 Å². The third-order valence-electron chi connectivity index (χ3n) is 5.04. The number of hydrogen-bond acceptors (Lipinski definition) is 3. The van der Waals surface area contributed by atoms with E-state index >= 15 is 0 Å². The lowest BCUT2D eigenvalue weighted by atomic mass is 9.97. The lowest BCUT2D eigenvalue weighted by Gasteiger charge is -2.33. The van der Waals surface area contributed by atoms with Crippen molar-refractivity contribution in [3.63, 3.8) is 0 Å². The normalized spacial score (nSPS) is 26.4. The van der Waals surface area contributed by atoms with Crippen molar-refractivity contribution in [2.45, 2.75) is 31.7 Å². The zero-order valence-electron chi connectivity index (χ0n) is 13.7. The zero-order valence-corrected chi connectivity index (χ0v) is 13.7. The van der Waals surface area contributed by atoms with E-state index in [0.29, 0.717) is 25.5 Å². The first-order valence-electron chi connectivity index (χ1n) is 8.04. The van der Waals surface area contributed by atoms with Crippen molar-refractivity contribution in [3.8, 4) is 0 Å². The first-order chi connectivity index (χ1) is 11.7. The van der Waals surface area contributed by atoms with Crippen molar-refractivity contribution in [3.05, 3.63) is 29.8 Å². The zero-order chi connectivity index (χ0) is 18.4. The Kier molecular flexibility index (Phi) is 4.22. The molecule has 134 valence electrons. The van der Waals surface area contributed by atoms with Gasteiger partial charge in [-0.15, -0.1) is 0 Å². The molecule has 0 saturated carbocycles. The lowest BCUT2D eigenvalue weighted by molar-refractivity contribution is -0.156. The van der Waals surface area contributed by atoms with E-state index in [-0.39, 0.29) is 18.7 Å². The molecule has 2 atom stereocenters. The van der Waals surface area contributed by atoms with Gasteiger partial charge in [-0.3, -0.25) is 9.59 Å². The molecule has 2 unspecified atom stereocenters. The van der Waals surface area contributed by atoms with Crippen LogP contribution in [0.1, 0.15) is 26.2 Å². The SMILES string of the molecule is CC1(C(=O)O)CCCN1C(=O)C1CC(=O)N(c2ccc(F)cc2F)C1. The fourth-order valence-corrected chi connectivity index (χ4v) is 3.57. The molecule has 1 aromatic carbocycles. The molecule has 2 aliphatic rings. The number of halogens is 2. The molecule has 0 aliphatic carbocycles. The molecule has 2 saturated heterocycles. The average molecular weight is 352 g/mol. The van der Waals surface area contributed by atoms with E-state index < -0.39 is 40.9 Å². The number of nitrogens with zero attached hydrogens (tertiary/aromatic N) is 2. The number of carboxylic acid groups (broad SMARTS) is 1. The summed E-state index contributed by atoms with van der Waals surface area (Å²) >= 11 is 0. The standard InChI is InChI=1S/C17H18F2N2O4/c1-17(16(24)25)5-2-6-21(17)15(23)10-7-14(22)20(9-10)13-4-3-11(18)8-12(13)19/h3-4,8,10H,2,5-7,9H2,1H3,(H,24,25). The van der Waals surface area contributed by atoms with Gasteiger partial charge in [-0.1, -0.05) is 0 Å². The van der Waals surface area contributed by atoms with Crippen molar-refractivity contribution < 1.29 is 28.3 Å². The Morgan fingerprint density at radius 2 is 2.04 bits per heavy atom. The summed E-state index contributed by atoms with van der Waals surface area (Å²) in [5.41, 5.74) is -1.36. The Labute approximate surface area is 143 Å². The maximum Gasteiger partial charge on any atom is 0.329 e. The Morgan fingerprint density at radius 3 is 2.68 bits per heavy atom. The van der Waals surface area contributed by atoms with E-state index in [1.165, 1.54) is 11.8 Å². The second kappa shape index (κ2) is 6.09. The molecule has 8 heteroatoms. The highest BCUT2D eigenvalue weighted by molar-refractivity contribution is 6.01. The van der Waals surface area contributed by atoms with Crippen molar-refractivity contribution in [2.24, 2.45) is 5.92 Å². The molecule has 1 aromatic rings. The minimum atomic E-state index is -1.28. The van der Waals surface area contributed by atoms with Crippen LogP contribution in [0.4, 0.5) is 14.5 Å². The molecule has 0 spiro atoms. The quantitative estimate of drug-likeness (QED) is 0.900. The molecule has 0 bridgehead atoms. The number of aliphatic carboxylic acids is 1. The Bertz CT molecular complexity index is 754. The molecular formula is C17H18F2N2O4. The van der Waals surface area contributed by atoms with E-state index in [1.807, 2.05) is 0 Å². The summed E-state index contributed by atoms with van der Waals surface area (Å²) in [5, 5.41) is 9.42. The predicted molar refractivity (Wildman–Crippen MR) is 83.8 cm³/mol. The highest BCUT2D eigenvalue weighted by Crippen LogP contribution is 2.34. The number of rotatable bonds is 3. The van der Waals surface area contributed by atoms with Crippen molar-refractivity contribution in [1.82, 2.24) is 4.90 Å². The number of likely N-dealkylation sites (tertiary alicyclic amines) is 1. The number of carboxylic acids is 1. The van der Waals surface area contributed by atoms with Crippen LogP contribution < -0.4 is 4.90 Å². The highest BCUT2D eigenvalue weighted by atomic mass is 19.1. The Balaban J connectivity index is 1.80. The molecule has 1 N–H and O–H groups in total. The van der Waals surface area contributed by atoms with Crippen LogP contribution in [0.5, 0.6) is 0 Å². The van der Waals surface area contributed by atoms with Gasteiger partial charge in [0.05, 0.1) is 11.6 Å². The lowest BCUT2D eigenvalue weighted by Crippen LogP contribution is -2.52. The average Bonchev–Trinajstić information content (AvgIpc) is 3.11. The number of anilines is 1. The molecule has 25 heavy (non-hydrogen) atoms. The summed E-state index contributed by atoms with van der Waals surface area (Å²) in [7, 11) is 0. The molecule has 2 aliphatic heterocycles. The van der Waals surface area contributed by atoms with Crippen LogP contribution in [0.2, 0.25) is 0 Å². The van der Waals surface area contributed by atoms with E-state index in [0.717, 1.165) is 17.0 Å². The largest absolute Gasteiger partial charge is 0.480 e. The Morgan fingerprint density at radius 1 is 1.32 bits per heavy atom. The van der Waals surface area contributed by atoms with E-state index in [4.69, 9.17) is 0 Å². The third kappa shape index (κ3) is 2.85. The van der Waals surface area contributed by atoms with Gasteiger partial charge in [0.25, 0.3) is 0 Å². The number of benzene rings is 1. The molecule has 6 nitrogen and oxygen atoms in total. The number of hydrogen-bond donors (Lipinski definition) is 1. The third-order valence-corrected chi connectivity index (χ3v) is 5.04. The van der Waals surface area contributed by atoms with Crippen molar-refractivity contribution in [1.29, 1.82) is 0 Å². The van der Waals surface area contributed by atoms with Crippen molar-refractivity contribution in [2.75, 3.05) is 18.0 Å². The topological polar surface area (TPSA) is 77.9 Å². The molecular weight excluding hydrogens is 334 g/mol. The minimum absolute atomic E-state index is 0.0492. The monoisotopic (exact) mass is 352 g/mol. The summed E-state index contributed by atoms with van der Waals surface area (Å²) < 4.78 is 27.0. The summed E-state index contributed by atoms with van der Waals surface area (Å²) in [6.45, 7) is 1.76. The number of carbonyl (C=O) groups is 3. The molecule has 2 heterocycles. The first-order valence-corrected chi connectivity index (χ1v) is 8.04. The smallest absolute Gasteiger partial charge is 0.329 e. The number of amides is 2. The van der Waals surface area contributed by atoms with Gasteiger partial charge in [0.15, 0.2) is 0 Å². The summed E-state index contributed by atoms with van der Waals surface area (Å²) in [5.74, 6) is -4.31. The fraction of sp³-hybridized carbons (Fsp3) is 0.471. The van der Waals surface area contributed by atoms with Crippen LogP contribution in [0.3, 0.4) is 0 Å². The van der Waals surface area contributed by atoms with Gasteiger partial charge in [-0.25, -0.2) is 13.6 Å².